The fourth-order valence-corrected chi connectivity index (χ4v) is 1.08. The maximum Gasteiger partial charge on any atom is 0.126 e. The summed E-state index contributed by atoms with van der Waals surface area (Å²) in [5.41, 5.74) is 0. The summed E-state index contributed by atoms with van der Waals surface area (Å²) in [6.07, 6.45) is 3.92. The number of nitrogens with zero attached hydrogens (tertiary/aromatic N) is 2. The van der Waals surface area contributed by atoms with Gasteiger partial charge in [-0.3, -0.25) is 9.98 Å². The minimum atomic E-state index is 0.325. The van der Waals surface area contributed by atoms with Crippen LogP contribution in [0.4, 0.5) is 0 Å². The van der Waals surface area contributed by atoms with Gasteiger partial charge in [0.2, 0.25) is 0 Å². The van der Waals surface area contributed by atoms with Gasteiger partial charge in [0.1, 0.15) is 11.7 Å². The quantitative estimate of drug-likeness (QED) is 0.689. The molecule has 0 spiro atoms. The molecule has 0 aliphatic carbocycles. The van der Waals surface area contributed by atoms with Crippen LogP contribution in [0.3, 0.4) is 0 Å². The highest BCUT2D eigenvalue weighted by atomic mass is 15.1. The van der Waals surface area contributed by atoms with Crippen LogP contribution in [0.1, 0.15) is 27.7 Å². The maximum atomic E-state index is 4.37. The summed E-state index contributed by atoms with van der Waals surface area (Å²) in [6.45, 7) is 8.22. The fourth-order valence-electron chi connectivity index (χ4n) is 1.08. The minimum absolute atomic E-state index is 0.325. The zero-order chi connectivity index (χ0) is 9.84. The SMILES string of the molecule is CC(C)N=C1C=CC(=NC(C)C)N1. The Kier molecular flexibility index (Phi) is 3.23. The molecule has 0 amide bonds. The molecule has 1 heterocycles. The summed E-state index contributed by atoms with van der Waals surface area (Å²) in [4.78, 5) is 8.74. The molecular weight excluding hydrogens is 162 g/mol. The van der Waals surface area contributed by atoms with Gasteiger partial charge < -0.3 is 5.32 Å². The first kappa shape index (κ1) is 9.96. The Morgan fingerprint density at radius 2 is 1.31 bits per heavy atom. The minimum Gasteiger partial charge on any atom is -0.326 e. The van der Waals surface area contributed by atoms with Crippen LogP contribution in [-0.4, -0.2) is 23.8 Å². The lowest BCUT2D eigenvalue weighted by molar-refractivity contribution is 0.825. The number of rotatable bonds is 2. The van der Waals surface area contributed by atoms with Crippen LogP contribution >= 0.6 is 0 Å². The van der Waals surface area contributed by atoms with Crippen LogP contribution in [0.25, 0.3) is 0 Å². The van der Waals surface area contributed by atoms with Gasteiger partial charge in [-0.05, 0) is 39.8 Å². The van der Waals surface area contributed by atoms with Gasteiger partial charge in [-0.1, -0.05) is 0 Å². The average molecular weight is 179 g/mol. The van der Waals surface area contributed by atoms with E-state index in [1.807, 2.05) is 12.2 Å². The molecule has 0 aromatic heterocycles. The molecule has 0 radical (unpaired) electrons. The number of hydrogen-bond donors (Lipinski definition) is 1. The van der Waals surface area contributed by atoms with E-state index in [2.05, 4.69) is 43.0 Å². The van der Waals surface area contributed by atoms with E-state index in [1.54, 1.807) is 0 Å². The maximum absolute atomic E-state index is 4.37. The van der Waals surface area contributed by atoms with Crippen molar-refractivity contribution in [1.82, 2.24) is 5.32 Å². The van der Waals surface area contributed by atoms with Crippen molar-refractivity contribution in [3.05, 3.63) is 12.2 Å². The van der Waals surface area contributed by atoms with E-state index in [9.17, 15) is 0 Å². The van der Waals surface area contributed by atoms with Crippen molar-refractivity contribution in [3.63, 3.8) is 0 Å². The second-order valence-corrected chi connectivity index (χ2v) is 3.67. The van der Waals surface area contributed by atoms with Crippen LogP contribution in [0.15, 0.2) is 22.1 Å². The molecule has 0 fully saturated rings. The lowest BCUT2D eigenvalue weighted by Gasteiger charge is -2.02. The summed E-state index contributed by atoms with van der Waals surface area (Å²) in [7, 11) is 0. The predicted molar refractivity (Wildman–Crippen MR) is 57.4 cm³/mol. The first-order valence-corrected chi connectivity index (χ1v) is 4.68. The highest BCUT2D eigenvalue weighted by molar-refractivity contribution is 6.17. The zero-order valence-corrected chi connectivity index (χ0v) is 8.70. The number of aliphatic imine (C=N–C) groups is 2. The van der Waals surface area contributed by atoms with Crippen molar-refractivity contribution in [2.75, 3.05) is 0 Å². The molecule has 0 atom stereocenters. The van der Waals surface area contributed by atoms with Crippen LogP contribution < -0.4 is 5.32 Å². The second kappa shape index (κ2) is 4.21. The molecule has 72 valence electrons. The third kappa shape index (κ3) is 3.40. The van der Waals surface area contributed by atoms with Crippen molar-refractivity contribution in [2.24, 2.45) is 9.98 Å². The molecule has 1 aliphatic rings. The summed E-state index contributed by atoms with van der Waals surface area (Å²) in [5, 5.41) is 3.14. The Bertz CT molecular complexity index is 233. The Labute approximate surface area is 79.7 Å². The molecule has 0 unspecified atom stereocenters. The summed E-state index contributed by atoms with van der Waals surface area (Å²) < 4.78 is 0. The van der Waals surface area contributed by atoms with E-state index in [0.717, 1.165) is 11.7 Å². The third-order valence-corrected chi connectivity index (χ3v) is 1.45. The molecule has 0 saturated heterocycles. The normalized spacial score (nSPS) is 22.3. The first-order valence-electron chi connectivity index (χ1n) is 4.68. The summed E-state index contributed by atoms with van der Waals surface area (Å²) >= 11 is 0. The molecule has 1 aliphatic heterocycles. The van der Waals surface area contributed by atoms with Crippen LogP contribution in [0.2, 0.25) is 0 Å². The zero-order valence-electron chi connectivity index (χ0n) is 8.70. The molecule has 3 nitrogen and oxygen atoms in total. The highest BCUT2D eigenvalue weighted by Gasteiger charge is 2.07. The van der Waals surface area contributed by atoms with Crippen molar-refractivity contribution in [2.45, 2.75) is 39.8 Å². The average Bonchev–Trinajstić information content (AvgIpc) is 2.33. The van der Waals surface area contributed by atoms with Crippen molar-refractivity contribution in [1.29, 1.82) is 0 Å². The monoisotopic (exact) mass is 179 g/mol. The van der Waals surface area contributed by atoms with E-state index >= 15 is 0 Å². The summed E-state index contributed by atoms with van der Waals surface area (Å²) in [5.74, 6) is 1.82. The fraction of sp³-hybridized carbons (Fsp3) is 0.600. The Morgan fingerprint density at radius 1 is 0.923 bits per heavy atom. The molecule has 1 rings (SSSR count). The standard InChI is InChI=1S/C10H17N3/c1-7(2)11-9-5-6-10(13-9)12-8(3)4/h5-8H,1-4H3,(H,11,12,13). The smallest absolute Gasteiger partial charge is 0.126 e. The van der Waals surface area contributed by atoms with E-state index < -0.39 is 0 Å². The summed E-state index contributed by atoms with van der Waals surface area (Å²) in [6, 6.07) is 0.649. The van der Waals surface area contributed by atoms with Crippen molar-refractivity contribution >= 4 is 11.7 Å². The van der Waals surface area contributed by atoms with Gasteiger partial charge in [0.05, 0.1) is 0 Å². The van der Waals surface area contributed by atoms with Crippen molar-refractivity contribution < 1.29 is 0 Å². The van der Waals surface area contributed by atoms with Crippen LogP contribution in [0, 0.1) is 0 Å². The Balaban J connectivity index is 2.61. The largest absolute Gasteiger partial charge is 0.326 e. The van der Waals surface area contributed by atoms with Crippen LogP contribution in [0.5, 0.6) is 0 Å². The van der Waals surface area contributed by atoms with E-state index in [-0.39, 0.29) is 0 Å². The molecule has 0 aromatic carbocycles. The third-order valence-electron chi connectivity index (χ3n) is 1.45. The highest BCUT2D eigenvalue weighted by Crippen LogP contribution is 1.97. The lowest BCUT2D eigenvalue weighted by atomic mass is 10.4. The van der Waals surface area contributed by atoms with Gasteiger partial charge in [0.15, 0.2) is 0 Å². The molecule has 3 heteroatoms. The van der Waals surface area contributed by atoms with Crippen LogP contribution in [-0.2, 0) is 0 Å². The van der Waals surface area contributed by atoms with Crippen molar-refractivity contribution in [3.8, 4) is 0 Å². The van der Waals surface area contributed by atoms with Gasteiger partial charge >= 0.3 is 0 Å². The number of hydrogen-bond acceptors (Lipinski definition) is 2. The molecular formula is C10H17N3. The molecule has 13 heavy (non-hydrogen) atoms. The van der Waals surface area contributed by atoms with Gasteiger partial charge in [-0.2, -0.15) is 0 Å². The molecule has 0 saturated carbocycles. The van der Waals surface area contributed by atoms with E-state index in [0.29, 0.717) is 12.1 Å². The molecule has 0 bridgehead atoms. The second-order valence-electron chi connectivity index (χ2n) is 3.67. The molecule has 0 aromatic rings. The van der Waals surface area contributed by atoms with Gasteiger partial charge in [0, 0.05) is 12.1 Å². The predicted octanol–water partition coefficient (Wildman–Crippen LogP) is 1.76. The van der Waals surface area contributed by atoms with E-state index in [1.165, 1.54) is 0 Å². The first-order chi connectivity index (χ1) is 6.08. The molecule has 1 N–H and O–H groups in total. The van der Waals surface area contributed by atoms with E-state index in [4.69, 9.17) is 0 Å². The van der Waals surface area contributed by atoms with Gasteiger partial charge in [-0.25, -0.2) is 0 Å². The van der Waals surface area contributed by atoms with Gasteiger partial charge in [-0.15, -0.1) is 0 Å². The Hall–Kier alpha value is -1.12. The topological polar surface area (TPSA) is 36.8 Å². The number of amidine groups is 2. The lowest BCUT2D eigenvalue weighted by Crippen LogP contribution is -2.23. The number of nitrogens with one attached hydrogen (secondary N) is 1. The van der Waals surface area contributed by atoms with Gasteiger partial charge in [0.25, 0.3) is 0 Å². The Morgan fingerprint density at radius 3 is 1.62 bits per heavy atom.